The maximum absolute atomic E-state index is 11.8. The van der Waals surface area contributed by atoms with Crippen molar-refractivity contribution in [2.45, 2.75) is 26.5 Å². The number of nitrogens with one attached hydrogen (secondary N) is 2. The summed E-state index contributed by atoms with van der Waals surface area (Å²) in [7, 11) is 0. The van der Waals surface area contributed by atoms with Gasteiger partial charge in [0.25, 0.3) is 5.91 Å². The third kappa shape index (κ3) is 5.08. The Bertz CT molecular complexity index is 538. The first kappa shape index (κ1) is 17.6. The van der Waals surface area contributed by atoms with Crippen LogP contribution in [0.5, 0.6) is 5.75 Å². The van der Waals surface area contributed by atoms with Crippen LogP contribution in [-0.2, 0) is 11.3 Å². The van der Waals surface area contributed by atoms with Crippen LogP contribution in [0.15, 0.2) is 12.1 Å². The van der Waals surface area contributed by atoms with Gasteiger partial charge in [-0.3, -0.25) is 10.1 Å². The number of urea groups is 1. The minimum Gasteiger partial charge on any atom is -0.479 e. The molecule has 1 rings (SSSR count). The van der Waals surface area contributed by atoms with E-state index >= 15 is 0 Å². The zero-order valence-corrected chi connectivity index (χ0v) is 13.2. The Morgan fingerprint density at radius 3 is 2.62 bits per heavy atom. The first-order valence-corrected chi connectivity index (χ1v) is 7.08. The van der Waals surface area contributed by atoms with Gasteiger partial charge in [-0.2, -0.15) is 0 Å². The summed E-state index contributed by atoms with van der Waals surface area (Å²) in [5.41, 5.74) is 6.17. The summed E-state index contributed by atoms with van der Waals surface area (Å²) in [6.45, 7) is 3.81. The molecule has 1 aromatic rings. The van der Waals surface area contributed by atoms with Gasteiger partial charge in [0.1, 0.15) is 5.75 Å². The smallest absolute Gasteiger partial charge is 0.321 e. The number of hydrogen-bond donors (Lipinski definition) is 3. The Labute approximate surface area is 132 Å². The van der Waals surface area contributed by atoms with E-state index in [0.29, 0.717) is 17.1 Å². The molecule has 1 unspecified atom stereocenters. The summed E-state index contributed by atoms with van der Waals surface area (Å²) >= 11 is 11.9. The van der Waals surface area contributed by atoms with Crippen molar-refractivity contribution in [1.29, 1.82) is 0 Å². The van der Waals surface area contributed by atoms with Crippen LogP contribution in [0, 0.1) is 0 Å². The van der Waals surface area contributed by atoms with E-state index < -0.39 is 18.0 Å². The van der Waals surface area contributed by atoms with Gasteiger partial charge in [0.05, 0.1) is 5.02 Å². The molecule has 0 aromatic heterocycles. The normalized spacial score (nSPS) is 11.7. The molecule has 21 heavy (non-hydrogen) atoms. The van der Waals surface area contributed by atoms with Crippen molar-refractivity contribution in [3.63, 3.8) is 0 Å². The highest BCUT2D eigenvalue weighted by Gasteiger charge is 2.20. The number of carbonyl (C=O) groups excluding carboxylic acids is 2. The second-order valence-electron chi connectivity index (χ2n) is 4.19. The molecule has 0 heterocycles. The van der Waals surface area contributed by atoms with Crippen molar-refractivity contribution in [3.05, 3.63) is 27.7 Å². The van der Waals surface area contributed by atoms with Crippen LogP contribution >= 0.6 is 23.2 Å². The molecular weight excluding hydrogens is 317 g/mol. The summed E-state index contributed by atoms with van der Waals surface area (Å²) in [5.74, 6) is -0.308. The Morgan fingerprint density at radius 1 is 1.38 bits per heavy atom. The number of rotatable bonds is 5. The highest BCUT2D eigenvalue weighted by Crippen LogP contribution is 2.32. The van der Waals surface area contributed by atoms with Crippen LogP contribution < -0.4 is 21.1 Å². The molecule has 8 heteroatoms. The van der Waals surface area contributed by atoms with E-state index in [1.807, 2.05) is 0 Å². The molecule has 3 amide bonds. The van der Waals surface area contributed by atoms with E-state index in [2.05, 4.69) is 10.6 Å². The maximum Gasteiger partial charge on any atom is 0.321 e. The number of carbonyl (C=O) groups is 2. The average molecular weight is 334 g/mol. The van der Waals surface area contributed by atoms with Gasteiger partial charge in [-0.15, -0.1) is 0 Å². The monoisotopic (exact) mass is 333 g/mol. The number of benzene rings is 1. The number of nitrogens with two attached hydrogens (primary N) is 1. The lowest BCUT2D eigenvalue weighted by Crippen LogP contribution is -2.45. The van der Waals surface area contributed by atoms with Crippen LogP contribution in [0.2, 0.25) is 10.0 Å². The van der Waals surface area contributed by atoms with Gasteiger partial charge < -0.3 is 15.8 Å². The molecule has 1 aromatic carbocycles. The molecule has 1 atom stereocenters. The zero-order chi connectivity index (χ0) is 16.0. The predicted octanol–water partition coefficient (Wildman–Crippen LogP) is 2.07. The SMILES string of the molecule is CCNC(=O)NC(=O)C(C)Oc1c(Cl)cc(Cl)cc1CN. The molecule has 0 saturated heterocycles. The third-order valence-corrected chi connectivity index (χ3v) is 3.04. The summed E-state index contributed by atoms with van der Waals surface area (Å²) < 4.78 is 5.50. The van der Waals surface area contributed by atoms with Crippen LogP contribution in [-0.4, -0.2) is 24.6 Å². The van der Waals surface area contributed by atoms with Gasteiger partial charge in [0, 0.05) is 23.7 Å². The molecule has 0 aliphatic heterocycles. The van der Waals surface area contributed by atoms with Crippen molar-refractivity contribution in [3.8, 4) is 5.75 Å². The van der Waals surface area contributed by atoms with Crippen LogP contribution in [0.1, 0.15) is 19.4 Å². The van der Waals surface area contributed by atoms with Crippen LogP contribution in [0.25, 0.3) is 0 Å². The lowest BCUT2D eigenvalue weighted by Gasteiger charge is -2.18. The minimum absolute atomic E-state index is 0.153. The van der Waals surface area contributed by atoms with Crippen LogP contribution in [0.4, 0.5) is 4.79 Å². The fraction of sp³-hybridized carbons (Fsp3) is 0.385. The summed E-state index contributed by atoms with van der Waals surface area (Å²) in [5, 5.41) is 5.28. The summed E-state index contributed by atoms with van der Waals surface area (Å²) in [6, 6.07) is 2.52. The molecule has 0 aliphatic rings. The Hall–Kier alpha value is -1.50. The van der Waals surface area contributed by atoms with E-state index in [0.717, 1.165) is 0 Å². The number of halogens is 2. The van der Waals surface area contributed by atoms with Gasteiger partial charge in [-0.1, -0.05) is 23.2 Å². The van der Waals surface area contributed by atoms with Crippen LogP contribution in [0.3, 0.4) is 0 Å². The highest BCUT2D eigenvalue weighted by molar-refractivity contribution is 6.35. The second-order valence-corrected chi connectivity index (χ2v) is 5.03. The predicted molar refractivity (Wildman–Crippen MR) is 81.7 cm³/mol. The van der Waals surface area contributed by atoms with E-state index in [9.17, 15) is 9.59 Å². The average Bonchev–Trinajstić information content (AvgIpc) is 2.41. The third-order valence-electron chi connectivity index (χ3n) is 2.54. The van der Waals surface area contributed by atoms with E-state index in [-0.39, 0.29) is 17.3 Å². The molecule has 0 saturated carbocycles. The molecule has 116 valence electrons. The van der Waals surface area contributed by atoms with E-state index in [1.165, 1.54) is 13.0 Å². The summed E-state index contributed by atoms with van der Waals surface area (Å²) in [6.07, 6.45) is -0.920. The van der Waals surface area contributed by atoms with Crippen molar-refractivity contribution in [2.75, 3.05) is 6.54 Å². The van der Waals surface area contributed by atoms with Gasteiger partial charge in [-0.05, 0) is 26.0 Å². The summed E-state index contributed by atoms with van der Waals surface area (Å²) in [4.78, 5) is 23.1. The molecule has 0 aliphatic carbocycles. The largest absolute Gasteiger partial charge is 0.479 e. The van der Waals surface area contributed by atoms with Gasteiger partial charge in [0.15, 0.2) is 6.10 Å². The van der Waals surface area contributed by atoms with Crippen molar-refractivity contribution in [2.24, 2.45) is 5.73 Å². The zero-order valence-electron chi connectivity index (χ0n) is 11.7. The number of ether oxygens (including phenoxy) is 1. The first-order valence-electron chi connectivity index (χ1n) is 6.32. The molecule has 0 bridgehead atoms. The van der Waals surface area contributed by atoms with E-state index in [1.54, 1.807) is 13.0 Å². The maximum atomic E-state index is 11.8. The number of imide groups is 1. The first-order chi connectivity index (χ1) is 9.88. The molecule has 6 nitrogen and oxygen atoms in total. The number of amides is 3. The Balaban J connectivity index is 2.81. The molecule has 0 radical (unpaired) electrons. The highest BCUT2D eigenvalue weighted by atomic mass is 35.5. The second kappa shape index (κ2) is 8.07. The van der Waals surface area contributed by atoms with Crippen molar-refractivity contribution >= 4 is 35.1 Å². The van der Waals surface area contributed by atoms with Gasteiger partial charge in [-0.25, -0.2) is 4.79 Å². The lowest BCUT2D eigenvalue weighted by atomic mass is 10.2. The lowest BCUT2D eigenvalue weighted by molar-refractivity contribution is -0.126. The van der Waals surface area contributed by atoms with E-state index in [4.69, 9.17) is 33.7 Å². The minimum atomic E-state index is -0.920. The molecule has 0 spiro atoms. The fourth-order valence-electron chi connectivity index (χ4n) is 1.55. The van der Waals surface area contributed by atoms with Gasteiger partial charge in [0.2, 0.25) is 0 Å². The standard InChI is InChI=1S/C13H17Cl2N3O3/c1-3-17-13(20)18-12(19)7(2)21-11-8(6-16)4-9(14)5-10(11)15/h4-5,7H,3,6,16H2,1-2H3,(H2,17,18,19,20). The Kier molecular flexibility index (Phi) is 6.74. The molecular formula is C13H17Cl2N3O3. The topological polar surface area (TPSA) is 93.5 Å². The fourth-order valence-corrected chi connectivity index (χ4v) is 2.13. The van der Waals surface area contributed by atoms with Gasteiger partial charge >= 0.3 is 6.03 Å². The molecule has 4 N–H and O–H groups in total. The van der Waals surface area contributed by atoms with Crippen molar-refractivity contribution in [1.82, 2.24) is 10.6 Å². The van der Waals surface area contributed by atoms with Crippen molar-refractivity contribution < 1.29 is 14.3 Å². The quantitative estimate of drug-likeness (QED) is 0.768. The Morgan fingerprint density at radius 2 is 2.05 bits per heavy atom. The number of hydrogen-bond acceptors (Lipinski definition) is 4. The molecule has 0 fully saturated rings.